The first kappa shape index (κ1) is 13.9. The van der Waals surface area contributed by atoms with E-state index >= 15 is 0 Å². The number of hydrogen-bond donors (Lipinski definition) is 1. The van der Waals surface area contributed by atoms with E-state index < -0.39 is 0 Å². The van der Waals surface area contributed by atoms with Crippen LogP contribution in [0.4, 0.5) is 5.82 Å². The highest BCUT2D eigenvalue weighted by molar-refractivity contribution is 5.39. The molecule has 17 heavy (non-hydrogen) atoms. The van der Waals surface area contributed by atoms with Gasteiger partial charge in [0.15, 0.2) is 0 Å². The third-order valence-electron chi connectivity index (χ3n) is 2.52. The third-order valence-corrected chi connectivity index (χ3v) is 2.52. The minimum atomic E-state index is 0.102. The average Bonchev–Trinajstić information content (AvgIpc) is 2.34. The molecule has 0 aliphatic carbocycles. The molecule has 0 saturated heterocycles. The van der Waals surface area contributed by atoms with Gasteiger partial charge in [0.25, 0.3) is 0 Å². The van der Waals surface area contributed by atoms with E-state index in [4.69, 9.17) is 9.84 Å². The Hall–Kier alpha value is -1.20. The van der Waals surface area contributed by atoms with Crippen LogP contribution in [0.25, 0.3) is 0 Å². The zero-order chi connectivity index (χ0) is 12.7. The van der Waals surface area contributed by atoms with Crippen molar-refractivity contribution in [1.29, 1.82) is 0 Å². The number of methoxy groups -OCH3 is 1. The van der Waals surface area contributed by atoms with Crippen LogP contribution in [0.1, 0.15) is 25.5 Å². The van der Waals surface area contributed by atoms with Crippen molar-refractivity contribution in [2.75, 3.05) is 38.3 Å². The van der Waals surface area contributed by atoms with E-state index in [2.05, 4.69) is 23.8 Å². The van der Waals surface area contributed by atoms with Gasteiger partial charge in [-0.3, -0.25) is 0 Å². The summed E-state index contributed by atoms with van der Waals surface area (Å²) in [5, 5.41) is 9.05. The van der Waals surface area contributed by atoms with Crippen LogP contribution in [0.5, 0.6) is 0 Å². The predicted octanol–water partition coefficient (Wildman–Crippen LogP) is 1.05. The molecule has 0 aromatic carbocycles. The molecule has 0 spiro atoms. The SMILES string of the molecule is COCCN(CCO)c1cc(C(C)C)ncn1. The first-order valence-corrected chi connectivity index (χ1v) is 5.85. The Kier molecular flexibility index (Phi) is 5.86. The fourth-order valence-electron chi connectivity index (χ4n) is 1.51. The van der Waals surface area contributed by atoms with E-state index in [1.165, 1.54) is 0 Å². The molecule has 0 aliphatic rings. The number of rotatable bonds is 7. The lowest BCUT2D eigenvalue weighted by Crippen LogP contribution is -2.31. The molecule has 0 fully saturated rings. The fraction of sp³-hybridized carbons (Fsp3) is 0.667. The summed E-state index contributed by atoms with van der Waals surface area (Å²) in [6, 6.07) is 1.97. The van der Waals surface area contributed by atoms with Gasteiger partial charge in [-0.15, -0.1) is 0 Å². The first-order valence-electron chi connectivity index (χ1n) is 5.85. The van der Waals surface area contributed by atoms with Gasteiger partial charge in [0.2, 0.25) is 0 Å². The van der Waals surface area contributed by atoms with E-state index in [0.29, 0.717) is 25.6 Å². The molecule has 0 amide bonds. The lowest BCUT2D eigenvalue weighted by molar-refractivity contribution is 0.202. The van der Waals surface area contributed by atoms with Gasteiger partial charge in [-0.2, -0.15) is 0 Å². The minimum absolute atomic E-state index is 0.102. The van der Waals surface area contributed by atoms with Crippen LogP contribution in [0.3, 0.4) is 0 Å². The smallest absolute Gasteiger partial charge is 0.132 e. The third kappa shape index (κ3) is 4.28. The van der Waals surface area contributed by atoms with Crippen molar-refractivity contribution in [1.82, 2.24) is 9.97 Å². The molecule has 0 saturated carbocycles. The molecule has 0 radical (unpaired) electrons. The Morgan fingerprint density at radius 1 is 1.35 bits per heavy atom. The molecule has 1 aromatic rings. The molecular formula is C12H21N3O2. The zero-order valence-corrected chi connectivity index (χ0v) is 10.8. The van der Waals surface area contributed by atoms with Crippen LogP contribution in [0.15, 0.2) is 12.4 Å². The van der Waals surface area contributed by atoms with Crippen molar-refractivity contribution >= 4 is 5.82 Å². The molecule has 1 rings (SSSR count). The van der Waals surface area contributed by atoms with Crippen LogP contribution in [0.2, 0.25) is 0 Å². The van der Waals surface area contributed by atoms with Crippen molar-refractivity contribution in [3.05, 3.63) is 18.1 Å². The second-order valence-corrected chi connectivity index (χ2v) is 4.16. The molecule has 0 unspecified atom stereocenters. The molecule has 5 heteroatoms. The van der Waals surface area contributed by atoms with Crippen molar-refractivity contribution in [2.45, 2.75) is 19.8 Å². The van der Waals surface area contributed by atoms with Crippen molar-refractivity contribution < 1.29 is 9.84 Å². The highest BCUT2D eigenvalue weighted by atomic mass is 16.5. The summed E-state index contributed by atoms with van der Waals surface area (Å²) in [6.07, 6.45) is 1.57. The van der Waals surface area contributed by atoms with E-state index in [0.717, 1.165) is 11.5 Å². The predicted molar refractivity (Wildman–Crippen MR) is 67.3 cm³/mol. The summed E-state index contributed by atoms with van der Waals surface area (Å²) >= 11 is 0. The molecule has 1 N–H and O–H groups in total. The van der Waals surface area contributed by atoms with Crippen LogP contribution < -0.4 is 4.90 Å². The van der Waals surface area contributed by atoms with Crippen molar-refractivity contribution in [3.63, 3.8) is 0 Å². The van der Waals surface area contributed by atoms with Crippen LogP contribution in [-0.4, -0.2) is 48.5 Å². The van der Waals surface area contributed by atoms with E-state index in [9.17, 15) is 0 Å². The van der Waals surface area contributed by atoms with Gasteiger partial charge in [0.1, 0.15) is 12.1 Å². The van der Waals surface area contributed by atoms with Gasteiger partial charge in [0, 0.05) is 32.0 Å². The number of aromatic nitrogens is 2. The number of hydrogen-bond acceptors (Lipinski definition) is 5. The maximum absolute atomic E-state index is 9.05. The summed E-state index contributed by atoms with van der Waals surface area (Å²) in [7, 11) is 1.66. The largest absolute Gasteiger partial charge is 0.395 e. The summed E-state index contributed by atoms with van der Waals surface area (Å²) < 4.78 is 5.05. The standard InChI is InChI=1S/C12H21N3O2/c1-10(2)11-8-12(14-9-13-11)15(4-6-16)5-7-17-3/h8-10,16H,4-7H2,1-3H3. The Labute approximate surface area is 102 Å². The lowest BCUT2D eigenvalue weighted by atomic mass is 10.1. The van der Waals surface area contributed by atoms with Gasteiger partial charge in [-0.1, -0.05) is 13.8 Å². The summed E-state index contributed by atoms with van der Waals surface area (Å²) in [6.45, 7) is 6.17. The summed E-state index contributed by atoms with van der Waals surface area (Å²) in [4.78, 5) is 10.5. The second-order valence-electron chi connectivity index (χ2n) is 4.16. The number of ether oxygens (including phenoxy) is 1. The quantitative estimate of drug-likeness (QED) is 0.770. The van der Waals surface area contributed by atoms with Crippen LogP contribution in [-0.2, 0) is 4.74 Å². The number of nitrogens with zero attached hydrogens (tertiary/aromatic N) is 3. The molecule has 1 heterocycles. The maximum Gasteiger partial charge on any atom is 0.132 e. The second kappa shape index (κ2) is 7.19. The van der Waals surface area contributed by atoms with Crippen molar-refractivity contribution in [2.24, 2.45) is 0 Å². The topological polar surface area (TPSA) is 58.5 Å². The maximum atomic E-state index is 9.05. The normalized spacial score (nSPS) is 10.9. The van der Waals surface area contributed by atoms with Crippen molar-refractivity contribution in [3.8, 4) is 0 Å². The number of aliphatic hydroxyl groups excluding tert-OH is 1. The molecule has 0 bridgehead atoms. The molecule has 5 nitrogen and oxygen atoms in total. The highest BCUT2D eigenvalue weighted by Gasteiger charge is 2.09. The van der Waals surface area contributed by atoms with E-state index in [1.807, 2.05) is 11.0 Å². The Balaban J connectivity index is 2.81. The molecule has 96 valence electrons. The first-order chi connectivity index (χ1) is 8.19. The molecule has 0 aliphatic heterocycles. The highest BCUT2D eigenvalue weighted by Crippen LogP contribution is 2.16. The fourth-order valence-corrected chi connectivity index (χ4v) is 1.51. The lowest BCUT2D eigenvalue weighted by Gasteiger charge is -2.22. The van der Waals surface area contributed by atoms with Gasteiger partial charge >= 0.3 is 0 Å². The summed E-state index contributed by atoms with van der Waals surface area (Å²) in [5.74, 6) is 1.21. The van der Waals surface area contributed by atoms with Gasteiger partial charge in [0.05, 0.1) is 13.2 Å². The van der Waals surface area contributed by atoms with Crippen LogP contribution >= 0.6 is 0 Å². The Morgan fingerprint density at radius 2 is 2.12 bits per heavy atom. The molecular weight excluding hydrogens is 218 g/mol. The van der Waals surface area contributed by atoms with Gasteiger partial charge < -0.3 is 14.7 Å². The van der Waals surface area contributed by atoms with Gasteiger partial charge in [-0.05, 0) is 5.92 Å². The number of aliphatic hydroxyl groups is 1. The Morgan fingerprint density at radius 3 is 2.71 bits per heavy atom. The summed E-state index contributed by atoms with van der Waals surface area (Å²) in [5.41, 5.74) is 1.01. The van der Waals surface area contributed by atoms with E-state index in [-0.39, 0.29) is 6.61 Å². The average molecular weight is 239 g/mol. The zero-order valence-electron chi connectivity index (χ0n) is 10.8. The van der Waals surface area contributed by atoms with Crippen LogP contribution in [0, 0.1) is 0 Å². The minimum Gasteiger partial charge on any atom is -0.395 e. The Bertz CT molecular complexity index is 331. The van der Waals surface area contributed by atoms with E-state index in [1.54, 1.807) is 13.4 Å². The molecule has 0 atom stereocenters. The monoisotopic (exact) mass is 239 g/mol. The number of anilines is 1. The van der Waals surface area contributed by atoms with Gasteiger partial charge in [-0.25, -0.2) is 9.97 Å². The molecule has 1 aromatic heterocycles.